The van der Waals surface area contributed by atoms with Crippen molar-refractivity contribution in [3.63, 3.8) is 0 Å². The standard InChI is InChI=1S/C16H22N6O/c1-20-8-10-21(11-9-20)13-5-2-4-12-14(13)15(23)22(19-12)16-17-6-3-7-18-16/h3,6-7,13,19H,2,4-5,8-11H2,1H3. The Kier molecular flexibility index (Phi) is 3.74. The maximum Gasteiger partial charge on any atom is 0.278 e. The summed E-state index contributed by atoms with van der Waals surface area (Å²) in [5.74, 6) is 0.420. The maximum atomic E-state index is 12.9. The lowest BCUT2D eigenvalue weighted by molar-refractivity contribution is 0.102. The summed E-state index contributed by atoms with van der Waals surface area (Å²) in [5.41, 5.74) is 1.99. The van der Waals surface area contributed by atoms with Crippen LogP contribution in [0.3, 0.4) is 0 Å². The Morgan fingerprint density at radius 1 is 1.17 bits per heavy atom. The second-order valence-corrected chi connectivity index (χ2v) is 6.44. The molecule has 2 aliphatic rings. The number of rotatable bonds is 2. The molecular weight excluding hydrogens is 292 g/mol. The van der Waals surface area contributed by atoms with Gasteiger partial charge in [0, 0.05) is 50.3 Å². The minimum atomic E-state index is 0.00910. The normalized spacial score (nSPS) is 22.9. The number of nitrogens with zero attached hydrogens (tertiary/aromatic N) is 5. The van der Waals surface area contributed by atoms with Crippen LogP contribution >= 0.6 is 0 Å². The molecule has 7 nitrogen and oxygen atoms in total. The van der Waals surface area contributed by atoms with Gasteiger partial charge in [0.15, 0.2) is 0 Å². The van der Waals surface area contributed by atoms with Crippen LogP contribution < -0.4 is 5.56 Å². The average Bonchev–Trinajstić information content (AvgIpc) is 2.94. The van der Waals surface area contributed by atoms with Gasteiger partial charge in [-0.2, -0.15) is 4.68 Å². The molecule has 2 aromatic rings. The Bertz CT molecular complexity index is 729. The summed E-state index contributed by atoms with van der Waals surface area (Å²) < 4.78 is 1.50. The summed E-state index contributed by atoms with van der Waals surface area (Å²) in [6, 6.07) is 1.98. The molecular formula is C16H22N6O. The highest BCUT2D eigenvalue weighted by molar-refractivity contribution is 5.28. The second kappa shape index (κ2) is 5.90. The van der Waals surface area contributed by atoms with E-state index in [2.05, 4.69) is 31.9 Å². The Hall–Kier alpha value is -1.99. The second-order valence-electron chi connectivity index (χ2n) is 6.44. The molecule has 4 rings (SSSR count). The van der Waals surface area contributed by atoms with Crippen molar-refractivity contribution in [2.75, 3.05) is 33.2 Å². The van der Waals surface area contributed by atoms with E-state index in [9.17, 15) is 4.79 Å². The monoisotopic (exact) mass is 314 g/mol. The van der Waals surface area contributed by atoms with Crippen LogP contribution in [0.2, 0.25) is 0 Å². The van der Waals surface area contributed by atoms with Crippen molar-refractivity contribution in [2.45, 2.75) is 25.3 Å². The van der Waals surface area contributed by atoms with E-state index in [-0.39, 0.29) is 11.6 Å². The van der Waals surface area contributed by atoms with E-state index >= 15 is 0 Å². The number of hydrogen-bond donors (Lipinski definition) is 1. The van der Waals surface area contributed by atoms with Crippen molar-refractivity contribution in [1.29, 1.82) is 0 Å². The lowest BCUT2D eigenvalue weighted by Crippen LogP contribution is -2.47. The highest BCUT2D eigenvalue weighted by Gasteiger charge is 2.32. The number of fused-ring (bicyclic) bond motifs is 1. The Morgan fingerprint density at radius 2 is 1.91 bits per heavy atom. The molecule has 0 bridgehead atoms. The molecule has 1 saturated heterocycles. The lowest BCUT2D eigenvalue weighted by Gasteiger charge is -2.39. The Balaban J connectivity index is 1.71. The van der Waals surface area contributed by atoms with Crippen molar-refractivity contribution in [3.8, 4) is 5.95 Å². The van der Waals surface area contributed by atoms with Crippen LogP contribution in [-0.2, 0) is 6.42 Å². The zero-order valence-corrected chi connectivity index (χ0v) is 13.4. The summed E-state index contributed by atoms with van der Waals surface area (Å²) in [7, 11) is 2.15. The van der Waals surface area contributed by atoms with E-state index in [1.165, 1.54) is 4.68 Å². The molecule has 1 unspecified atom stereocenters. The fourth-order valence-corrected chi connectivity index (χ4v) is 3.69. The van der Waals surface area contributed by atoms with E-state index in [0.29, 0.717) is 5.95 Å². The molecule has 0 saturated carbocycles. The summed E-state index contributed by atoms with van der Waals surface area (Å²) in [6.45, 7) is 4.17. The predicted octanol–water partition coefficient (Wildman–Crippen LogP) is 0.580. The molecule has 3 heterocycles. The molecule has 1 aliphatic heterocycles. The van der Waals surface area contributed by atoms with E-state index in [4.69, 9.17) is 0 Å². The number of nitrogens with one attached hydrogen (secondary N) is 1. The van der Waals surface area contributed by atoms with Crippen molar-refractivity contribution in [2.24, 2.45) is 0 Å². The molecule has 0 radical (unpaired) electrons. The van der Waals surface area contributed by atoms with Crippen LogP contribution in [0.25, 0.3) is 5.95 Å². The molecule has 7 heteroatoms. The van der Waals surface area contributed by atoms with Crippen molar-refractivity contribution < 1.29 is 0 Å². The average molecular weight is 314 g/mol. The quantitative estimate of drug-likeness (QED) is 0.878. The number of aromatic nitrogens is 4. The van der Waals surface area contributed by atoms with Crippen molar-refractivity contribution in [3.05, 3.63) is 40.1 Å². The third kappa shape index (κ3) is 2.60. The van der Waals surface area contributed by atoms with Crippen LogP contribution in [0, 0.1) is 0 Å². The zero-order chi connectivity index (χ0) is 15.8. The first kappa shape index (κ1) is 14.6. The van der Waals surface area contributed by atoms with Gasteiger partial charge in [-0.15, -0.1) is 0 Å². The first-order valence-corrected chi connectivity index (χ1v) is 8.28. The van der Waals surface area contributed by atoms with Gasteiger partial charge in [0.25, 0.3) is 11.5 Å². The molecule has 1 aliphatic carbocycles. The van der Waals surface area contributed by atoms with Gasteiger partial charge < -0.3 is 4.90 Å². The van der Waals surface area contributed by atoms with Gasteiger partial charge in [0.1, 0.15) is 0 Å². The van der Waals surface area contributed by atoms with Crippen molar-refractivity contribution in [1.82, 2.24) is 29.5 Å². The van der Waals surface area contributed by atoms with Gasteiger partial charge in [-0.25, -0.2) is 9.97 Å². The summed E-state index contributed by atoms with van der Waals surface area (Å²) in [4.78, 5) is 26.2. The number of likely N-dealkylation sites (N-methyl/N-ethyl adjacent to an activating group) is 1. The summed E-state index contributed by atoms with van der Waals surface area (Å²) in [5, 5.41) is 3.24. The third-order valence-corrected chi connectivity index (χ3v) is 4.97. The van der Waals surface area contributed by atoms with Gasteiger partial charge in [-0.05, 0) is 32.4 Å². The first-order chi connectivity index (χ1) is 11.2. The number of hydrogen-bond acceptors (Lipinski definition) is 5. The largest absolute Gasteiger partial charge is 0.304 e. The fourth-order valence-electron chi connectivity index (χ4n) is 3.69. The molecule has 23 heavy (non-hydrogen) atoms. The van der Waals surface area contributed by atoms with Gasteiger partial charge in [0.05, 0.1) is 5.56 Å². The smallest absolute Gasteiger partial charge is 0.278 e. The first-order valence-electron chi connectivity index (χ1n) is 8.28. The number of H-pyrrole nitrogens is 1. The summed E-state index contributed by atoms with van der Waals surface area (Å²) in [6.07, 6.45) is 6.41. The minimum Gasteiger partial charge on any atom is -0.304 e. The van der Waals surface area contributed by atoms with E-state index in [1.54, 1.807) is 18.5 Å². The van der Waals surface area contributed by atoms with Crippen LogP contribution in [0.4, 0.5) is 0 Å². The molecule has 122 valence electrons. The lowest BCUT2D eigenvalue weighted by atomic mass is 9.91. The molecule has 1 N–H and O–H groups in total. The number of piperazine rings is 1. The Labute approximate surface area is 134 Å². The minimum absolute atomic E-state index is 0.00910. The van der Waals surface area contributed by atoms with Crippen LogP contribution in [0.1, 0.15) is 30.1 Å². The predicted molar refractivity (Wildman–Crippen MR) is 86.7 cm³/mol. The van der Waals surface area contributed by atoms with E-state index in [0.717, 1.165) is 56.7 Å². The fraction of sp³-hybridized carbons (Fsp3) is 0.562. The molecule has 0 spiro atoms. The van der Waals surface area contributed by atoms with E-state index in [1.807, 2.05) is 0 Å². The van der Waals surface area contributed by atoms with Gasteiger partial charge in [-0.3, -0.25) is 14.8 Å². The highest BCUT2D eigenvalue weighted by atomic mass is 16.1. The van der Waals surface area contributed by atoms with Gasteiger partial charge in [0.2, 0.25) is 0 Å². The third-order valence-electron chi connectivity index (χ3n) is 4.97. The number of aryl methyl sites for hydroxylation is 1. The van der Waals surface area contributed by atoms with Gasteiger partial charge >= 0.3 is 0 Å². The number of aromatic amines is 1. The molecule has 0 aromatic carbocycles. The summed E-state index contributed by atoms with van der Waals surface area (Å²) >= 11 is 0. The SMILES string of the molecule is CN1CCN(C2CCCc3[nH]n(-c4ncccn4)c(=O)c32)CC1. The zero-order valence-electron chi connectivity index (χ0n) is 13.4. The van der Waals surface area contributed by atoms with Crippen LogP contribution in [0.15, 0.2) is 23.3 Å². The van der Waals surface area contributed by atoms with E-state index < -0.39 is 0 Å². The topological polar surface area (TPSA) is 70.1 Å². The van der Waals surface area contributed by atoms with Crippen LogP contribution in [-0.4, -0.2) is 62.8 Å². The highest BCUT2D eigenvalue weighted by Crippen LogP contribution is 2.32. The van der Waals surface area contributed by atoms with Crippen molar-refractivity contribution >= 4 is 0 Å². The molecule has 1 atom stereocenters. The molecule has 2 aromatic heterocycles. The van der Waals surface area contributed by atoms with Crippen LogP contribution in [0.5, 0.6) is 0 Å². The Morgan fingerprint density at radius 3 is 2.65 bits per heavy atom. The maximum absolute atomic E-state index is 12.9. The molecule has 0 amide bonds. The van der Waals surface area contributed by atoms with Gasteiger partial charge in [-0.1, -0.05) is 0 Å². The molecule has 1 fully saturated rings.